The van der Waals surface area contributed by atoms with Gasteiger partial charge in [-0.25, -0.2) is 9.78 Å². The van der Waals surface area contributed by atoms with E-state index in [2.05, 4.69) is 10.3 Å². The van der Waals surface area contributed by atoms with Gasteiger partial charge >= 0.3 is 5.97 Å². The van der Waals surface area contributed by atoms with E-state index in [9.17, 15) is 14.4 Å². The van der Waals surface area contributed by atoms with Crippen LogP contribution in [0.5, 0.6) is 0 Å². The minimum absolute atomic E-state index is 0.0540. The summed E-state index contributed by atoms with van der Waals surface area (Å²) in [5.41, 5.74) is 5.78. The van der Waals surface area contributed by atoms with Crippen LogP contribution in [0.4, 0.5) is 11.5 Å². The molecule has 2 heterocycles. The number of hydrogen-bond acceptors (Lipinski definition) is 6. The van der Waals surface area contributed by atoms with Crippen LogP contribution in [0.2, 0.25) is 0 Å². The molecule has 4 N–H and O–H groups in total. The molecule has 1 saturated heterocycles. The van der Waals surface area contributed by atoms with E-state index in [1.54, 1.807) is 6.92 Å². The number of anilines is 2. The van der Waals surface area contributed by atoms with Crippen LogP contribution in [-0.2, 0) is 9.59 Å². The summed E-state index contributed by atoms with van der Waals surface area (Å²) in [6.45, 7) is 1.55. The number of aromatic nitrogens is 1. The first kappa shape index (κ1) is 12.8. The van der Waals surface area contributed by atoms with Crippen LogP contribution in [0.25, 0.3) is 0 Å². The molecule has 1 fully saturated rings. The summed E-state index contributed by atoms with van der Waals surface area (Å²) in [6.07, 6.45) is 1.14. The van der Waals surface area contributed by atoms with Crippen molar-refractivity contribution in [1.29, 1.82) is 0 Å². The lowest BCUT2D eigenvalue weighted by atomic mass is 10.1. The molecule has 2 amide bonds. The van der Waals surface area contributed by atoms with Crippen molar-refractivity contribution >= 4 is 29.3 Å². The van der Waals surface area contributed by atoms with Crippen molar-refractivity contribution < 1.29 is 19.5 Å². The first-order valence-electron chi connectivity index (χ1n) is 5.49. The Bertz CT molecular complexity index is 572. The molecule has 1 unspecified atom stereocenters. The molecule has 1 aromatic heterocycles. The van der Waals surface area contributed by atoms with Crippen LogP contribution < -0.4 is 16.0 Å². The van der Waals surface area contributed by atoms with Gasteiger partial charge in [0, 0.05) is 6.20 Å². The van der Waals surface area contributed by atoms with E-state index in [0.717, 1.165) is 6.20 Å². The third-order valence-electron chi connectivity index (χ3n) is 2.84. The minimum Gasteiger partial charge on any atom is -0.478 e. The smallest absolute Gasteiger partial charge is 0.337 e. The lowest BCUT2D eigenvalue weighted by molar-refractivity contribution is -0.132. The first-order chi connectivity index (χ1) is 8.90. The van der Waals surface area contributed by atoms with Crippen molar-refractivity contribution in [2.75, 3.05) is 17.2 Å². The molecule has 0 radical (unpaired) electrons. The molecular weight excluding hydrogens is 252 g/mol. The molecule has 100 valence electrons. The molecule has 0 aliphatic carbocycles. The molecular formula is C11H12N4O4. The Balaban J connectivity index is 2.38. The van der Waals surface area contributed by atoms with Crippen LogP contribution >= 0.6 is 0 Å². The molecule has 1 atom stereocenters. The number of pyridine rings is 1. The summed E-state index contributed by atoms with van der Waals surface area (Å²) in [7, 11) is 0. The van der Waals surface area contributed by atoms with Crippen molar-refractivity contribution in [2.45, 2.75) is 13.0 Å². The summed E-state index contributed by atoms with van der Waals surface area (Å²) >= 11 is 0. The molecule has 2 rings (SSSR count). The van der Waals surface area contributed by atoms with Gasteiger partial charge in [0.1, 0.15) is 6.04 Å². The number of carbonyl (C=O) groups excluding carboxylic acids is 2. The monoisotopic (exact) mass is 264 g/mol. The third-order valence-corrected chi connectivity index (χ3v) is 2.84. The van der Waals surface area contributed by atoms with E-state index < -0.39 is 23.8 Å². The standard InChI is InChI=1S/C11H12N4O4/c1-5-10(17)14-8(16)4-15(5)9-7(12)2-6(3-13-9)11(18)19/h2-3,5H,4,12H2,1H3,(H,18,19)(H,14,16,17). The molecule has 1 aromatic rings. The maximum absolute atomic E-state index is 11.5. The second-order valence-corrected chi connectivity index (χ2v) is 4.16. The number of carboxylic acid groups (broad SMARTS) is 1. The SMILES string of the molecule is CC1C(=O)NC(=O)CN1c1ncc(C(=O)O)cc1N. The molecule has 8 heteroatoms. The quantitative estimate of drug-likeness (QED) is 0.598. The van der Waals surface area contributed by atoms with Crippen LogP contribution in [-0.4, -0.2) is 40.5 Å². The molecule has 1 aliphatic rings. The highest BCUT2D eigenvalue weighted by molar-refractivity contribution is 6.04. The number of nitrogens with one attached hydrogen (secondary N) is 1. The largest absolute Gasteiger partial charge is 0.478 e. The number of amides is 2. The molecule has 0 saturated carbocycles. The van der Waals surface area contributed by atoms with E-state index >= 15 is 0 Å². The Morgan fingerprint density at radius 1 is 1.58 bits per heavy atom. The summed E-state index contributed by atoms with van der Waals surface area (Å²) in [6, 6.07) is 0.636. The van der Waals surface area contributed by atoms with Crippen LogP contribution in [0.1, 0.15) is 17.3 Å². The number of nitrogens with zero attached hydrogens (tertiary/aromatic N) is 2. The number of aromatic carboxylic acids is 1. The van der Waals surface area contributed by atoms with E-state index in [-0.39, 0.29) is 23.6 Å². The number of carbonyl (C=O) groups is 3. The lowest BCUT2D eigenvalue weighted by Gasteiger charge is -2.33. The Morgan fingerprint density at radius 2 is 2.26 bits per heavy atom. The zero-order valence-electron chi connectivity index (χ0n) is 10.1. The van der Waals surface area contributed by atoms with Crippen LogP contribution in [0.3, 0.4) is 0 Å². The summed E-state index contributed by atoms with van der Waals surface area (Å²) in [5.74, 6) is -1.82. The number of hydrogen-bond donors (Lipinski definition) is 3. The number of piperazine rings is 1. The van der Waals surface area contributed by atoms with Gasteiger partial charge in [-0.05, 0) is 13.0 Å². The highest BCUT2D eigenvalue weighted by Gasteiger charge is 2.32. The normalized spacial score (nSPS) is 19.2. The van der Waals surface area contributed by atoms with Crippen LogP contribution in [0, 0.1) is 0 Å². The topological polar surface area (TPSA) is 126 Å². The average molecular weight is 264 g/mol. The van der Waals surface area contributed by atoms with Gasteiger partial charge in [0.25, 0.3) is 0 Å². The molecule has 8 nitrogen and oxygen atoms in total. The summed E-state index contributed by atoms with van der Waals surface area (Å²) < 4.78 is 0. The second kappa shape index (κ2) is 4.56. The maximum Gasteiger partial charge on any atom is 0.337 e. The van der Waals surface area contributed by atoms with Gasteiger partial charge < -0.3 is 15.7 Å². The van der Waals surface area contributed by atoms with E-state index in [1.807, 2.05) is 0 Å². The van der Waals surface area contributed by atoms with Gasteiger partial charge in [0.2, 0.25) is 11.8 Å². The molecule has 0 bridgehead atoms. The van der Waals surface area contributed by atoms with Gasteiger partial charge in [-0.3, -0.25) is 14.9 Å². The highest BCUT2D eigenvalue weighted by Crippen LogP contribution is 2.24. The number of rotatable bonds is 2. The van der Waals surface area contributed by atoms with Gasteiger partial charge in [-0.2, -0.15) is 0 Å². The number of nitrogen functional groups attached to an aromatic ring is 1. The van der Waals surface area contributed by atoms with Gasteiger partial charge in [0.15, 0.2) is 5.82 Å². The van der Waals surface area contributed by atoms with Crippen molar-refractivity contribution in [2.24, 2.45) is 0 Å². The lowest BCUT2D eigenvalue weighted by Crippen LogP contribution is -2.57. The second-order valence-electron chi connectivity index (χ2n) is 4.16. The molecule has 0 spiro atoms. The zero-order chi connectivity index (χ0) is 14.2. The predicted molar refractivity (Wildman–Crippen MR) is 65.6 cm³/mol. The van der Waals surface area contributed by atoms with Gasteiger partial charge in [-0.15, -0.1) is 0 Å². The Hall–Kier alpha value is -2.64. The zero-order valence-corrected chi connectivity index (χ0v) is 10.1. The Kier molecular flexibility index (Phi) is 3.07. The number of carboxylic acids is 1. The van der Waals surface area contributed by atoms with Gasteiger partial charge in [0.05, 0.1) is 17.8 Å². The minimum atomic E-state index is -1.15. The average Bonchev–Trinajstić information content (AvgIpc) is 2.33. The fourth-order valence-corrected chi connectivity index (χ4v) is 1.80. The fraction of sp³-hybridized carbons (Fsp3) is 0.273. The molecule has 1 aliphatic heterocycles. The molecule has 19 heavy (non-hydrogen) atoms. The van der Waals surface area contributed by atoms with E-state index in [0.29, 0.717) is 0 Å². The van der Waals surface area contributed by atoms with Crippen LogP contribution in [0.15, 0.2) is 12.3 Å². The first-order valence-corrected chi connectivity index (χ1v) is 5.49. The van der Waals surface area contributed by atoms with Crippen molar-refractivity contribution in [3.05, 3.63) is 17.8 Å². The third kappa shape index (κ3) is 2.32. The summed E-state index contributed by atoms with van der Waals surface area (Å²) in [5, 5.41) is 11.0. The molecule has 0 aromatic carbocycles. The van der Waals surface area contributed by atoms with Gasteiger partial charge in [-0.1, -0.05) is 0 Å². The van der Waals surface area contributed by atoms with Crippen molar-refractivity contribution in [1.82, 2.24) is 10.3 Å². The van der Waals surface area contributed by atoms with Crippen molar-refractivity contribution in [3.8, 4) is 0 Å². The number of imide groups is 1. The predicted octanol–water partition coefficient (Wildman–Crippen LogP) is -0.787. The van der Waals surface area contributed by atoms with E-state index in [4.69, 9.17) is 10.8 Å². The van der Waals surface area contributed by atoms with E-state index in [1.165, 1.54) is 11.0 Å². The maximum atomic E-state index is 11.5. The Morgan fingerprint density at radius 3 is 2.84 bits per heavy atom. The van der Waals surface area contributed by atoms with Crippen molar-refractivity contribution in [3.63, 3.8) is 0 Å². The summed E-state index contributed by atoms with van der Waals surface area (Å²) in [4.78, 5) is 39.0. The highest BCUT2D eigenvalue weighted by atomic mass is 16.4. The Labute approximate surface area is 108 Å². The number of nitrogens with two attached hydrogens (primary N) is 1. The fourth-order valence-electron chi connectivity index (χ4n) is 1.80.